The van der Waals surface area contributed by atoms with E-state index in [1.54, 1.807) is 6.07 Å². The number of carboxylic acids is 1. The van der Waals surface area contributed by atoms with Crippen molar-refractivity contribution in [2.75, 3.05) is 5.32 Å². The van der Waals surface area contributed by atoms with Crippen molar-refractivity contribution >= 4 is 40.3 Å². The van der Waals surface area contributed by atoms with Crippen LogP contribution in [-0.2, 0) is 16.1 Å². The Balaban J connectivity index is 1.71. The standard InChI is InChI=1S/C29H23FN2O4/c1-18(33)31-17-20-5-4-7-21(13-20)23-15-22-6-2-3-8-24(22)25(16-23)29(36)32-27-14-19(9-11-26(27)30)10-12-28(34)35/h2-16H,17H2,1H3,(H,31,33)(H,32,36)(H,34,35)/b12-10+. The van der Waals surface area contributed by atoms with Gasteiger partial charge in [0.25, 0.3) is 5.91 Å². The maximum atomic E-state index is 14.5. The van der Waals surface area contributed by atoms with Crippen molar-refractivity contribution in [2.45, 2.75) is 13.5 Å². The molecule has 0 radical (unpaired) electrons. The number of anilines is 1. The molecule has 7 heteroatoms. The fraction of sp³-hybridized carbons (Fsp3) is 0.0690. The molecule has 0 atom stereocenters. The topological polar surface area (TPSA) is 95.5 Å². The van der Waals surface area contributed by atoms with E-state index in [0.29, 0.717) is 23.1 Å². The Hall–Kier alpha value is -4.78. The third-order valence-corrected chi connectivity index (χ3v) is 5.57. The molecular formula is C29H23FN2O4. The van der Waals surface area contributed by atoms with Gasteiger partial charge in [-0.3, -0.25) is 9.59 Å². The smallest absolute Gasteiger partial charge is 0.328 e. The van der Waals surface area contributed by atoms with Crippen LogP contribution in [0.25, 0.3) is 28.0 Å². The van der Waals surface area contributed by atoms with Crippen LogP contribution < -0.4 is 10.6 Å². The van der Waals surface area contributed by atoms with Crippen LogP contribution in [0, 0.1) is 5.82 Å². The van der Waals surface area contributed by atoms with Crippen molar-refractivity contribution < 1.29 is 23.9 Å². The number of hydrogen-bond acceptors (Lipinski definition) is 3. The van der Waals surface area contributed by atoms with Gasteiger partial charge in [0.15, 0.2) is 0 Å². The summed E-state index contributed by atoms with van der Waals surface area (Å²) in [5, 5.41) is 15.8. The number of fused-ring (bicyclic) bond motifs is 1. The fourth-order valence-corrected chi connectivity index (χ4v) is 3.85. The molecule has 180 valence electrons. The van der Waals surface area contributed by atoms with Gasteiger partial charge in [-0.1, -0.05) is 48.5 Å². The van der Waals surface area contributed by atoms with Crippen molar-refractivity contribution in [1.29, 1.82) is 0 Å². The van der Waals surface area contributed by atoms with Crippen LogP contribution in [0.5, 0.6) is 0 Å². The summed E-state index contributed by atoms with van der Waals surface area (Å²) < 4.78 is 14.5. The van der Waals surface area contributed by atoms with Crippen LogP contribution >= 0.6 is 0 Å². The summed E-state index contributed by atoms with van der Waals surface area (Å²) in [6, 6.07) is 22.8. The van der Waals surface area contributed by atoms with Crippen molar-refractivity contribution in [1.82, 2.24) is 5.32 Å². The second-order valence-corrected chi connectivity index (χ2v) is 8.22. The predicted molar refractivity (Wildman–Crippen MR) is 138 cm³/mol. The van der Waals surface area contributed by atoms with Crippen molar-refractivity contribution in [3.63, 3.8) is 0 Å². The Kier molecular flexibility index (Phi) is 7.20. The molecule has 0 bridgehead atoms. The Morgan fingerprint density at radius 2 is 1.72 bits per heavy atom. The molecule has 0 aliphatic heterocycles. The molecule has 6 nitrogen and oxygen atoms in total. The zero-order valence-electron chi connectivity index (χ0n) is 19.4. The highest BCUT2D eigenvalue weighted by Crippen LogP contribution is 2.29. The number of rotatable bonds is 7. The number of benzene rings is 4. The highest BCUT2D eigenvalue weighted by molar-refractivity contribution is 6.14. The van der Waals surface area contributed by atoms with E-state index in [1.165, 1.54) is 31.2 Å². The first-order chi connectivity index (χ1) is 17.3. The molecule has 0 spiro atoms. The largest absolute Gasteiger partial charge is 0.478 e. The highest BCUT2D eigenvalue weighted by Gasteiger charge is 2.15. The minimum absolute atomic E-state index is 0.0562. The number of aliphatic carboxylic acids is 1. The number of hydrogen-bond donors (Lipinski definition) is 3. The second kappa shape index (κ2) is 10.7. The van der Waals surface area contributed by atoms with Crippen LogP contribution in [0.15, 0.2) is 84.9 Å². The summed E-state index contributed by atoms with van der Waals surface area (Å²) in [4.78, 5) is 35.4. The molecule has 4 aromatic rings. The van der Waals surface area contributed by atoms with E-state index in [4.69, 9.17) is 5.11 Å². The third kappa shape index (κ3) is 5.82. The lowest BCUT2D eigenvalue weighted by atomic mass is 9.95. The van der Waals surface area contributed by atoms with E-state index in [2.05, 4.69) is 10.6 Å². The monoisotopic (exact) mass is 482 g/mol. The molecular weight excluding hydrogens is 459 g/mol. The molecule has 0 unspecified atom stereocenters. The molecule has 3 N–H and O–H groups in total. The van der Waals surface area contributed by atoms with Crippen LogP contribution in [0.4, 0.5) is 10.1 Å². The molecule has 0 aliphatic rings. The van der Waals surface area contributed by atoms with Crippen LogP contribution in [0.3, 0.4) is 0 Å². The summed E-state index contributed by atoms with van der Waals surface area (Å²) in [5.41, 5.74) is 3.31. The van der Waals surface area contributed by atoms with E-state index < -0.39 is 17.7 Å². The number of carboxylic acid groups (broad SMARTS) is 1. The Labute approximate surface area is 207 Å². The Morgan fingerprint density at radius 3 is 2.50 bits per heavy atom. The van der Waals surface area contributed by atoms with Gasteiger partial charge in [-0.25, -0.2) is 9.18 Å². The zero-order chi connectivity index (χ0) is 25.7. The van der Waals surface area contributed by atoms with Gasteiger partial charge in [0.1, 0.15) is 5.82 Å². The number of amides is 2. The van der Waals surface area contributed by atoms with Gasteiger partial charge in [0, 0.05) is 25.1 Å². The van der Waals surface area contributed by atoms with Gasteiger partial charge < -0.3 is 15.7 Å². The van der Waals surface area contributed by atoms with Crippen LogP contribution in [0.2, 0.25) is 0 Å². The summed E-state index contributed by atoms with van der Waals surface area (Å²) >= 11 is 0. The molecule has 0 aromatic heterocycles. The van der Waals surface area contributed by atoms with E-state index >= 15 is 0 Å². The molecule has 0 fully saturated rings. The van der Waals surface area contributed by atoms with Crippen molar-refractivity contribution in [3.05, 3.63) is 107 Å². The minimum Gasteiger partial charge on any atom is -0.478 e. The summed E-state index contributed by atoms with van der Waals surface area (Å²) in [7, 11) is 0. The van der Waals surface area contributed by atoms with Gasteiger partial charge in [0.2, 0.25) is 5.91 Å². The predicted octanol–water partition coefficient (Wildman–Crippen LogP) is 5.63. The lowest BCUT2D eigenvalue weighted by Gasteiger charge is -2.13. The maximum Gasteiger partial charge on any atom is 0.328 e. The zero-order valence-corrected chi connectivity index (χ0v) is 19.4. The lowest BCUT2D eigenvalue weighted by molar-refractivity contribution is -0.131. The van der Waals surface area contributed by atoms with E-state index in [0.717, 1.165) is 28.2 Å². The molecule has 4 aromatic carbocycles. The van der Waals surface area contributed by atoms with Crippen molar-refractivity contribution in [2.24, 2.45) is 0 Å². The summed E-state index contributed by atoms with van der Waals surface area (Å²) in [6.07, 6.45) is 2.26. The maximum absolute atomic E-state index is 14.5. The van der Waals surface area contributed by atoms with Crippen LogP contribution in [-0.4, -0.2) is 22.9 Å². The average molecular weight is 483 g/mol. The quantitative estimate of drug-likeness (QED) is 0.298. The van der Waals surface area contributed by atoms with Gasteiger partial charge in [0.05, 0.1) is 5.69 Å². The van der Waals surface area contributed by atoms with E-state index in [-0.39, 0.29) is 11.6 Å². The lowest BCUT2D eigenvalue weighted by Crippen LogP contribution is -2.18. The summed E-state index contributed by atoms with van der Waals surface area (Å²) in [6.45, 7) is 1.84. The first-order valence-corrected chi connectivity index (χ1v) is 11.2. The highest BCUT2D eigenvalue weighted by atomic mass is 19.1. The number of carbonyl (C=O) groups is 3. The van der Waals surface area contributed by atoms with Gasteiger partial charge in [-0.15, -0.1) is 0 Å². The Bertz CT molecular complexity index is 1510. The minimum atomic E-state index is -1.13. The first-order valence-electron chi connectivity index (χ1n) is 11.2. The molecule has 0 heterocycles. The van der Waals surface area contributed by atoms with E-state index in [1.807, 2.05) is 54.6 Å². The van der Waals surface area contributed by atoms with Gasteiger partial charge >= 0.3 is 5.97 Å². The number of halogens is 1. The molecule has 4 rings (SSSR count). The van der Waals surface area contributed by atoms with Crippen LogP contribution in [0.1, 0.15) is 28.4 Å². The SMILES string of the molecule is CC(=O)NCc1cccc(-c2cc(C(=O)Nc3cc(/C=C/C(=O)O)ccc3F)c3ccccc3c2)c1. The average Bonchev–Trinajstić information content (AvgIpc) is 2.87. The third-order valence-electron chi connectivity index (χ3n) is 5.57. The molecule has 2 amide bonds. The molecule has 0 aliphatic carbocycles. The summed E-state index contributed by atoms with van der Waals surface area (Å²) in [5.74, 6) is -2.39. The van der Waals surface area contributed by atoms with Crippen molar-refractivity contribution in [3.8, 4) is 11.1 Å². The normalized spacial score (nSPS) is 10.9. The van der Waals surface area contributed by atoms with Gasteiger partial charge in [-0.2, -0.15) is 0 Å². The molecule has 0 saturated carbocycles. The second-order valence-electron chi connectivity index (χ2n) is 8.22. The first kappa shape index (κ1) is 24.3. The number of carbonyl (C=O) groups excluding carboxylic acids is 2. The fourth-order valence-electron chi connectivity index (χ4n) is 3.85. The van der Waals surface area contributed by atoms with E-state index in [9.17, 15) is 18.8 Å². The van der Waals surface area contributed by atoms with Gasteiger partial charge in [-0.05, 0) is 69.4 Å². The molecule has 36 heavy (non-hydrogen) atoms. The molecule has 0 saturated heterocycles. The number of nitrogens with one attached hydrogen (secondary N) is 2. The Morgan fingerprint density at radius 1 is 0.917 bits per heavy atom.